The van der Waals surface area contributed by atoms with E-state index in [4.69, 9.17) is 18.0 Å². The number of halogens is 3. The molecule has 104 valence electrons. The lowest BCUT2D eigenvalue weighted by Crippen LogP contribution is -2.15. The van der Waals surface area contributed by atoms with Gasteiger partial charge in [0.25, 0.3) is 0 Å². The van der Waals surface area contributed by atoms with E-state index in [2.05, 4.69) is 10.3 Å². The minimum atomic E-state index is -1.29. The van der Waals surface area contributed by atoms with Crippen molar-refractivity contribution in [3.63, 3.8) is 0 Å². The fraction of sp³-hybridized carbons (Fsp3) is 0.0769. The van der Waals surface area contributed by atoms with Crippen molar-refractivity contribution >= 4 is 28.7 Å². The van der Waals surface area contributed by atoms with Gasteiger partial charge in [0.2, 0.25) is 0 Å². The topological polar surface area (TPSA) is 50.9 Å². The second-order valence-electron chi connectivity index (χ2n) is 4.09. The molecule has 0 bridgehead atoms. The van der Waals surface area contributed by atoms with Crippen molar-refractivity contribution in [3.05, 3.63) is 53.0 Å². The van der Waals surface area contributed by atoms with Crippen molar-refractivity contribution in [3.8, 4) is 0 Å². The molecule has 20 heavy (non-hydrogen) atoms. The Morgan fingerprint density at radius 1 is 1.30 bits per heavy atom. The van der Waals surface area contributed by atoms with E-state index < -0.39 is 17.5 Å². The Labute approximate surface area is 118 Å². The van der Waals surface area contributed by atoms with Crippen molar-refractivity contribution in [1.29, 1.82) is 0 Å². The molecule has 2 rings (SSSR count). The maximum atomic E-state index is 13.6. The van der Waals surface area contributed by atoms with Gasteiger partial charge in [0.1, 0.15) is 16.6 Å². The number of benzene rings is 1. The number of rotatable bonds is 3. The van der Waals surface area contributed by atoms with E-state index in [1.165, 1.54) is 6.20 Å². The molecule has 0 aliphatic heterocycles. The van der Waals surface area contributed by atoms with Crippen LogP contribution in [0.5, 0.6) is 0 Å². The lowest BCUT2D eigenvalue weighted by molar-refractivity contribution is 0.498. The second-order valence-corrected chi connectivity index (χ2v) is 4.53. The summed E-state index contributed by atoms with van der Waals surface area (Å²) in [5, 5.41) is 2.51. The zero-order valence-corrected chi connectivity index (χ0v) is 11.2. The highest BCUT2D eigenvalue weighted by atomic mass is 32.1. The lowest BCUT2D eigenvalue weighted by Gasteiger charge is -2.13. The standard InChI is InChI=1S/C13H10F3N3S/c1-6-2-3-18-13(10(6)12(17)20)19-9-5-7(14)4-8(15)11(9)16/h2-5H,1H3,(H2,17,20)(H,18,19). The van der Waals surface area contributed by atoms with Gasteiger partial charge in [0.15, 0.2) is 11.6 Å². The minimum Gasteiger partial charge on any atom is -0.389 e. The first-order chi connectivity index (χ1) is 9.40. The summed E-state index contributed by atoms with van der Waals surface area (Å²) in [6.45, 7) is 1.74. The first-order valence-electron chi connectivity index (χ1n) is 5.57. The molecule has 0 amide bonds. The average molecular weight is 297 g/mol. The van der Waals surface area contributed by atoms with Gasteiger partial charge in [0.05, 0.1) is 11.3 Å². The van der Waals surface area contributed by atoms with E-state index in [0.717, 1.165) is 6.07 Å². The number of hydrogen-bond acceptors (Lipinski definition) is 3. The molecule has 2 aromatic rings. The number of nitrogens with zero attached hydrogens (tertiary/aromatic N) is 1. The van der Waals surface area contributed by atoms with Crippen molar-refractivity contribution in [2.75, 3.05) is 5.32 Å². The van der Waals surface area contributed by atoms with Gasteiger partial charge >= 0.3 is 0 Å². The van der Waals surface area contributed by atoms with Crippen molar-refractivity contribution in [2.24, 2.45) is 5.73 Å². The SMILES string of the molecule is Cc1ccnc(Nc2cc(F)cc(F)c2F)c1C(N)=S. The molecule has 0 fully saturated rings. The minimum absolute atomic E-state index is 0.0513. The highest BCUT2D eigenvalue weighted by molar-refractivity contribution is 7.80. The lowest BCUT2D eigenvalue weighted by atomic mass is 10.1. The Hall–Kier alpha value is -2.15. The molecule has 0 unspecified atom stereocenters. The first-order valence-corrected chi connectivity index (χ1v) is 5.98. The van der Waals surface area contributed by atoms with Crippen LogP contribution in [0.1, 0.15) is 11.1 Å². The molecule has 0 radical (unpaired) electrons. The highest BCUT2D eigenvalue weighted by Crippen LogP contribution is 2.25. The van der Waals surface area contributed by atoms with Crippen LogP contribution in [0.15, 0.2) is 24.4 Å². The van der Waals surface area contributed by atoms with Crippen molar-refractivity contribution < 1.29 is 13.2 Å². The summed E-state index contributed by atoms with van der Waals surface area (Å²) < 4.78 is 39.9. The Morgan fingerprint density at radius 3 is 2.65 bits per heavy atom. The molecule has 0 saturated heterocycles. The molecule has 0 saturated carbocycles. The second kappa shape index (κ2) is 5.46. The Bertz CT molecular complexity index is 689. The first kappa shape index (κ1) is 14.3. The predicted molar refractivity (Wildman–Crippen MR) is 74.5 cm³/mol. The monoisotopic (exact) mass is 297 g/mol. The fourth-order valence-corrected chi connectivity index (χ4v) is 2.00. The Kier molecular flexibility index (Phi) is 3.89. The third-order valence-corrected chi connectivity index (χ3v) is 2.86. The van der Waals surface area contributed by atoms with Crippen molar-refractivity contribution in [1.82, 2.24) is 4.98 Å². The summed E-state index contributed by atoms with van der Waals surface area (Å²) in [6.07, 6.45) is 1.45. The van der Waals surface area contributed by atoms with Gasteiger partial charge in [-0.1, -0.05) is 12.2 Å². The zero-order chi connectivity index (χ0) is 14.9. The maximum absolute atomic E-state index is 13.6. The summed E-state index contributed by atoms with van der Waals surface area (Å²) >= 11 is 4.89. The van der Waals surface area contributed by atoms with Gasteiger partial charge in [-0.25, -0.2) is 18.2 Å². The van der Waals surface area contributed by atoms with Gasteiger partial charge in [-0.3, -0.25) is 0 Å². The van der Waals surface area contributed by atoms with Crippen molar-refractivity contribution in [2.45, 2.75) is 6.92 Å². The van der Waals surface area contributed by atoms with E-state index in [1.807, 2.05) is 0 Å². The van der Waals surface area contributed by atoms with Crippen LogP contribution in [0.2, 0.25) is 0 Å². The molecular weight excluding hydrogens is 287 g/mol. The summed E-state index contributed by atoms with van der Waals surface area (Å²) in [6, 6.07) is 2.95. The highest BCUT2D eigenvalue weighted by Gasteiger charge is 2.15. The molecule has 7 heteroatoms. The van der Waals surface area contributed by atoms with E-state index in [9.17, 15) is 13.2 Å². The van der Waals surface area contributed by atoms with Gasteiger partial charge in [-0.05, 0) is 18.6 Å². The molecule has 3 N–H and O–H groups in total. The molecule has 0 aliphatic rings. The molecule has 1 heterocycles. The summed E-state index contributed by atoms with van der Waals surface area (Å²) in [4.78, 5) is 4.02. The number of pyridine rings is 1. The third kappa shape index (κ3) is 2.72. The molecule has 3 nitrogen and oxygen atoms in total. The number of nitrogens with two attached hydrogens (primary N) is 1. The van der Waals surface area contributed by atoms with Gasteiger partial charge in [0, 0.05) is 18.3 Å². The Balaban J connectivity index is 2.51. The largest absolute Gasteiger partial charge is 0.389 e. The van der Waals surface area contributed by atoms with E-state index in [0.29, 0.717) is 17.2 Å². The fourth-order valence-electron chi connectivity index (χ4n) is 1.74. The number of thiocarbonyl (C=S) groups is 1. The van der Waals surface area contributed by atoms with Crippen LogP contribution in [-0.2, 0) is 0 Å². The summed E-state index contributed by atoms with van der Waals surface area (Å²) in [5.41, 5.74) is 6.31. The van der Waals surface area contributed by atoms with Gasteiger partial charge < -0.3 is 11.1 Å². The van der Waals surface area contributed by atoms with Crippen LogP contribution >= 0.6 is 12.2 Å². The van der Waals surface area contributed by atoms with Crippen LogP contribution in [-0.4, -0.2) is 9.97 Å². The Morgan fingerprint density at radius 2 is 2.00 bits per heavy atom. The molecular formula is C13H10F3N3S. The third-order valence-electron chi connectivity index (χ3n) is 2.65. The summed E-state index contributed by atoms with van der Waals surface area (Å²) in [7, 11) is 0. The predicted octanol–water partition coefficient (Wildman–Crippen LogP) is 3.19. The van der Waals surface area contributed by atoms with Gasteiger partial charge in [-0.2, -0.15) is 0 Å². The van der Waals surface area contributed by atoms with E-state index in [-0.39, 0.29) is 16.5 Å². The number of aromatic nitrogens is 1. The van der Waals surface area contributed by atoms with E-state index in [1.54, 1.807) is 13.0 Å². The molecule has 0 atom stereocenters. The number of hydrogen-bond donors (Lipinski definition) is 2. The van der Waals surface area contributed by atoms with Crippen LogP contribution in [0, 0.1) is 24.4 Å². The summed E-state index contributed by atoms with van der Waals surface area (Å²) in [5.74, 6) is -3.27. The maximum Gasteiger partial charge on any atom is 0.182 e. The van der Waals surface area contributed by atoms with Crippen LogP contribution in [0.4, 0.5) is 24.7 Å². The molecule has 1 aromatic carbocycles. The quantitative estimate of drug-likeness (QED) is 0.675. The normalized spacial score (nSPS) is 10.4. The molecule has 0 aliphatic carbocycles. The van der Waals surface area contributed by atoms with Crippen LogP contribution < -0.4 is 11.1 Å². The molecule has 1 aromatic heterocycles. The average Bonchev–Trinajstić information content (AvgIpc) is 2.35. The number of anilines is 2. The zero-order valence-electron chi connectivity index (χ0n) is 10.4. The number of aryl methyl sites for hydroxylation is 1. The van der Waals surface area contributed by atoms with Crippen LogP contribution in [0.3, 0.4) is 0 Å². The molecule has 0 spiro atoms. The smallest absolute Gasteiger partial charge is 0.182 e. The van der Waals surface area contributed by atoms with Crippen LogP contribution in [0.25, 0.3) is 0 Å². The number of nitrogens with one attached hydrogen (secondary N) is 1. The van der Waals surface area contributed by atoms with E-state index >= 15 is 0 Å². The van der Waals surface area contributed by atoms with Gasteiger partial charge in [-0.15, -0.1) is 0 Å².